The third-order valence-electron chi connectivity index (χ3n) is 5.06. The molecule has 31 heavy (non-hydrogen) atoms. The standard InChI is InChI=1S/C22H21ClN6O2/c1-14(16-8-10-17(23)11-9-16)26-27-21-24-19-18(20(30)25-22(31)28(19)2)29(21)13-12-15-6-4-3-5-7-15/h3-11H,12-13H2,1-2H3,(H,24,27)(H,25,30,31)/b26-14-. The topological polar surface area (TPSA) is 97.1 Å². The van der Waals surface area contributed by atoms with Crippen LogP contribution >= 0.6 is 11.6 Å². The molecule has 8 nitrogen and oxygen atoms in total. The number of hydrogen-bond donors (Lipinski definition) is 2. The molecule has 2 aromatic heterocycles. The first-order valence-electron chi connectivity index (χ1n) is 9.74. The molecule has 0 spiro atoms. The fourth-order valence-corrected chi connectivity index (χ4v) is 3.44. The minimum atomic E-state index is -0.516. The summed E-state index contributed by atoms with van der Waals surface area (Å²) in [5.41, 5.74) is 5.32. The SMILES string of the molecule is C/C(=N/Nc1nc2c(c(=O)[nH]c(=O)n2C)n1CCc1ccccc1)c1ccc(Cl)cc1. The highest BCUT2D eigenvalue weighted by Crippen LogP contribution is 2.17. The van der Waals surface area contributed by atoms with E-state index in [2.05, 4.69) is 20.5 Å². The quantitative estimate of drug-likeness (QED) is 0.358. The predicted molar refractivity (Wildman–Crippen MR) is 123 cm³/mol. The minimum absolute atomic E-state index is 0.295. The summed E-state index contributed by atoms with van der Waals surface area (Å²) in [4.78, 5) is 31.5. The van der Waals surface area contributed by atoms with Crippen molar-refractivity contribution in [3.63, 3.8) is 0 Å². The molecule has 0 amide bonds. The lowest BCUT2D eigenvalue weighted by Crippen LogP contribution is -2.29. The third-order valence-corrected chi connectivity index (χ3v) is 5.31. The molecule has 0 saturated heterocycles. The van der Waals surface area contributed by atoms with Crippen LogP contribution in [-0.4, -0.2) is 24.8 Å². The van der Waals surface area contributed by atoms with Crippen LogP contribution in [0.4, 0.5) is 5.95 Å². The maximum Gasteiger partial charge on any atom is 0.329 e. The molecule has 4 aromatic rings. The maximum absolute atomic E-state index is 12.6. The number of aromatic nitrogens is 4. The van der Waals surface area contributed by atoms with Crippen LogP contribution in [0.2, 0.25) is 5.02 Å². The van der Waals surface area contributed by atoms with Gasteiger partial charge in [-0.05, 0) is 36.6 Å². The number of nitrogens with zero attached hydrogens (tertiary/aromatic N) is 4. The van der Waals surface area contributed by atoms with Gasteiger partial charge in [0.1, 0.15) is 0 Å². The van der Waals surface area contributed by atoms with Crippen LogP contribution < -0.4 is 16.7 Å². The zero-order valence-corrected chi connectivity index (χ0v) is 17.8. The highest BCUT2D eigenvalue weighted by molar-refractivity contribution is 6.30. The molecule has 0 unspecified atom stereocenters. The van der Waals surface area contributed by atoms with E-state index in [-0.39, 0.29) is 0 Å². The van der Waals surface area contributed by atoms with Gasteiger partial charge in [-0.2, -0.15) is 10.1 Å². The van der Waals surface area contributed by atoms with Gasteiger partial charge in [0, 0.05) is 18.6 Å². The van der Waals surface area contributed by atoms with Gasteiger partial charge in [0.15, 0.2) is 11.2 Å². The second-order valence-corrected chi connectivity index (χ2v) is 7.57. The summed E-state index contributed by atoms with van der Waals surface area (Å²) in [5.74, 6) is 0.381. The van der Waals surface area contributed by atoms with E-state index in [9.17, 15) is 9.59 Å². The second-order valence-electron chi connectivity index (χ2n) is 7.13. The number of hydrazone groups is 1. The highest BCUT2D eigenvalue weighted by atomic mass is 35.5. The summed E-state index contributed by atoms with van der Waals surface area (Å²) in [7, 11) is 1.57. The van der Waals surface area contributed by atoms with Crippen molar-refractivity contribution >= 4 is 34.4 Å². The zero-order chi connectivity index (χ0) is 22.0. The van der Waals surface area contributed by atoms with Gasteiger partial charge in [-0.3, -0.25) is 14.3 Å². The van der Waals surface area contributed by atoms with Gasteiger partial charge >= 0.3 is 5.69 Å². The molecule has 2 N–H and O–H groups in total. The number of benzene rings is 2. The van der Waals surface area contributed by atoms with Crippen molar-refractivity contribution in [3.05, 3.63) is 91.6 Å². The summed E-state index contributed by atoms with van der Waals surface area (Å²) in [6.07, 6.45) is 0.684. The molecular weight excluding hydrogens is 416 g/mol. The predicted octanol–water partition coefficient (Wildman–Crippen LogP) is 3.16. The molecule has 2 aromatic carbocycles. The molecular formula is C22H21ClN6O2. The monoisotopic (exact) mass is 436 g/mol. The Labute approximate surface area is 182 Å². The molecule has 2 heterocycles. The third kappa shape index (κ3) is 4.29. The molecule has 0 aliphatic rings. The van der Waals surface area contributed by atoms with E-state index >= 15 is 0 Å². The Morgan fingerprint density at radius 2 is 1.84 bits per heavy atom. The molecule has 0 aliphatic heterocycles. The van der Waals surface area contributed by atoms with E-state index in [0.717, 1.165) is 16.8 Å². The average molecular weight is 437 g/mol. The zero-order valence-electron chi connectivity index (χ0n) is 17.1. The smallest absolute Gasteiger partial charge is 0.303 e. The van der Waals surface area contributed by atoms with Crippen LogP contribution in [0.3, 0.4) is 0 Å². The lowest BCUT2D eigenvalue weighted by Gasteiger charge is -2.09. The Morgan fingerprint density at radius 3 is 2.55 bits per heavy atom. The number of imidazole rings is 1. The van der Waals surface area contributed by atoms with Crippen molar-refractivity contribution in [1.82, 2.24) is 19.1 Å². The number of H-pyrrole nitrogens is 1. The summed E-state index contributed by atoms with van der Waals surface area (Å²) in [6, 6.07) is 17.3. The van der Waals surface area contributed by atoms with Crippen molar-refractivity contribution < 1.29 is 0 Å². The van der Waals surface area contributed by atoms with Crippen LogP contribution in [-0.2, 0) is 20.0 Å². The minimum Gasteiger partial charge on any atom is -0.303 e. The van der Waals surface area contributed by atoms with Crippen LogP contribution in [0.25, 0.3) is 11.2 Å². The van der Waals surface area contributed by atoms with Gasteiger partial charge in [-0.25, -0.2) is 10.2 Å². The Hall–Kier alpha value is -3.65. The molecule has 0 aliphatic carbocycles. The van der Waals surface area contributed by atoms with Gasteiger partial charge in [0.05, 0.1) is 5.71 Å². The number of aromatic amines is 1. The molecule has 0 saturated carbocycles. The first kappa shape index (κ1) is 20.6. The van der Waals surface area contributed by atoms with Gasteiger partial charge in [0.2, 0.25) is 5.95 Å². The van der Waals surface area contributed by atoms with Crippen LogP contribution in [0, 0.1) is 0 Å². The number of hydrogen-bond acceptors (Lipinski definition) is 5. The van der Waals surface area contributed by atoms with Crippen LogP contribution in [0.5, 0.6) is 0 Å². The van der Waals surface area contributed by atoms with E-state index in [1.165, 1.54) is 4.57 Å². The van der Waals surface area contributed by atoms with E-state index in [4.69, 9.17) is 11.6 Å². The van der Waals surface area contributed by atoms with Gasteiger partial charge in [-0.15, -0.1) is 0 Å². The maximum atomic E-state index is 12.6. The lowest BCUT2D eigenvalue weighted by molar-refractivity contribution is 0.716. The Morgan fingerprint density at radius 1 is 1.13 bits per heavy atom. The molecule has 0 bridgehead atoms. The average Bonchev–Trinajstić information content (AvgIpc) is 3.15. The Balaban J connectivity index is 1.74. The van der Waals surface area contributed by atoms with Gasteiger partial charge in [-0.1, -0.05) is 54.1 Å². The van der Waals surface area contributed by atoms with Crippen molar-refractivity contribution in [2.24, 2.45) is 12.1 Å². The van der Waals surface area contributed by atoms with E-state index in [1.54, 1.807) is 23.7 Å². The summed E-state index contributed by atoms with van der Waals surface area (Å²) in [5, 5.41) is 5.07. The number of rotatable bonds is 6. The molecule has 158 valence electrons. The molecule has 4 rings (SSSR count). The fraction of sp³-hybridized carbons (Fsp3) is 0.182. The van der Waals surface area contributed by atoms with Crippen LogP contribution in [0.1, 0.15) is 18.1 Å². The summed E-state index contributed by atoms with van der Waals surface area (Å²) >= 11 is 5.95. The van der Waals surface area contributed by atoms with Crippen molar-refractivity contribution in [3.8, 4) is 0 Å². The number of anilines is 1. The number of nitrogens with one attached hydrogen (secondary N) is 2. The molecule has 0 radical (unpaired) electrons. The van der Waals surface area contributed by atoms with Crippen molar-refractivity contribution in [2.45, 2.75) is 19.9 Å². The first-order valence-corrected chi connectivity index (χ1v) is 10.1. The van der Waals surface area contributed by atoms with E-state index in [1.807, 2.05) is 49.4 Å². The second kappa shape index (κ2) is 8.61. The van der Waals surface area contributed by atoms with Gasteiger partial charge in [0.25, 0.3) is 5.56 Å². The molecule has 0 atom stereocenters. The number of halogens is 1. The molecule has 9 heteroatoms. The normalized spacial score (nSPS) is 11.8. The highest BCUT2D eigenvalue weighted by Gasteiger charge is 2.17. The van der Waals surface area contributed by atoms with Crippen molar-refractivity contribution in [2.75, 3.05) is 5.43 Å². The van der Waals surface area contributed by atoms with E-state index in [0.29, 0.717) is 35.1 Å². The molecule has 0 fully saturated rings. The summed E-state index contributed by atoms with van der Waals surface area (Å²) in [6.45, 7) is 2.34. The van der Waals surface area contributed by atoms with Crippen LogP contribution in [0.15, 0.2) is 69.3 Å². The number of aryl methyl sites for hydroxylation is 3. The Bertz CT molecular complexity index is 1370. The fourth-order valence-electron chi connectivity index (χ4n) is 3.31. The largest absolute Gasteiger partial charge is 0.329 e. The van der Waals surface area contributed by atoms with E-state index < -0.39 is 11.2 Å². The lowest BCUT2D eigenvalue weighted by atomic mass is 10.1. The van der Waals surface area contributed by atoms with Crippen molar-refractivity contribution in [1.29, 1.82) is 0 Å². The number of fused-ring (bicyclic) bond motifs is 1. The Kier molecular flexibility index (Phi) is 5.73. The first-order chi connectivity index (χ1) is 14.9. The van der Waals surface area contributed by atoms with Gasteiger partial charge < -0.3 is 4.57 Å². The summed E-state index contributed by atoms with van der Waals surface area (Å²) < 4.78 is 3.07.